The molecule has 0 rings (SSSR count). The quantitative estimate of drug-likeness (QED) is 0.259. The van der Waals surface area contributed by atoms with Crippen LogP contribution in [0.4, 0.5) is 0 Å². The number of rotatable bonds is 12. The molecule has 0 fully saturated rings. The van der Waals surface area contributed by atoms with Crippen LogP contribution in [-0.4, -0.2) is 61.4 Å². The molecule has 0 aromatic carbocycles. The third-order valence-electron chi connectivity index (χ3n) is 3.62. The average molecular weight is 349 g/mol. The summed E-state index contributed by atoms with van der Waals surface area (Å²) in [7, 11) is 0. The van der Waals surface area contributed by atoms with Gasteiger partial charge in [-0.2, -0.15) is 0 Å². The lowest BCUT2D eigenvalue weighted by molar-refractivity contribution is -0.154. The van der Waals surface area contributed by atoms with Gasteiger partial charge in [-0.15, -0.1) is 0 Å². The van der Waals surface area contributed by atoms with Crippen LogP contribution in [0.25, 0.3) is 0 Å². The van der Waals surface area contributed by atoms with Crippen LogP contribution in [0, 0.1) is 11.3 Å². The lowest BCUT2D eigenvalue weighted by atomic mass is 9.63. The SMILES string of the molecule is NC(CC(=O)O)C(CC(=O)O)C(CC(=O)O)(CC(=O)O)CC(=O)O. The van der Waals surface area contributed by atoms with E-state index in [1.165, 1.54) is 0 Å². The van der Waals surface area contributed by atoms with Crippen LogP contribution in [0.3, 0.4) is 0 Å². The number of nitrogens with two attached hydrogens (primary N) is 1. The minimum absolute atomic E-state index is 0.765. The van der Waals surface area contributed by atoms with Crippen LogP contribution in [0.15, 0.2) is 0 Å². The first-order chi connectivity index (χ1) is 10.9. The highest BCUT2D eigenvalue weighted by Crippen LogP contribution is 2.43. The number of carboxylic acids is 5. The van der Waals surface area contributed by atoms with Gasteiger partial charge in [-0.1, -0.05) is 0 Å². The second kappa shape index (κ2) is 8.82. The summed E-state index contributed by atoms with van der Waals surface area (Å²) in [6.45, 7) is 0. The summed E-state index contributed by atoms with van der Waals surface area (Å²) < 4.78 is 0. The Kier molecular flexibility index (Phi) is 7.83. The standard InChI is InChI=1S/C13H19NO10/c14-7(2-9(17)18)6(1-8(15)16)13(3-10(19)20,4-11(21)22)5-12(23)24/h6-7H,1-5,14H2,(H,15,16)(H,17,18)(H,19,20)(H,21,22)(H,23,24). The van der Waals surface area contributed by atoms with Gasteiger partial charge in [0.1, 0.15) is 0 Å². The number of hydrogen-bond acceptors (Lipinski definition) is 6. The van der Waals surface area contributed by atoms with Crippen molar-refractivity contribution in [3.63, 3.8) is 0 Å². The molecule has 0 bridgehead atoms. The largest absolute Gasteiger partial charge is 0.481 e. The first-order valence-corrected chi connectivity index (χ1v) is 6.74. The second-order valence-corrected chi connectivity index (χ2v) is 5.54. The van der Waals surface area contributed by atoms with E-state index in [2.05, 4.69) is 0 Å². The monoisotopic (exact) mass is 349 g/mol. The zero-order chi connectivity index (χ0) is 19.1. The van der Waals surface area contributed by atoms with Crippen molar-refractivity contribution in [3.8, 4) is 0 Å². The van der Waals surface area contributed by atoms with E-state index in [4.69, 9.17) is 31.3 Å². The first kappa shape index (κ1) is 21.3. The van der Waals surface area contributed by atoms with Gasteiger partial charge < -0.3 is 31.3 Å². The smallest absolute Gasteiger partial charge is 0.304 e. The van der Waals surface area contributed by atoms with Crippen LogP contribution in [0.1, 0.15) is 32.1 Å². The zero-order valence-corrected chi connectivity index (χ0v) is 12.5. The maximum absolute atomic E-state index is 11.1. The molecule has 0 aromatic rings. The fourth-order valence-corrected chi connectivity index (χ4v) is 2.84. The Morgan fingerprint density at radius 2 is 1.00 bits per heavy atom. The van der Waals surface area contributed by atoms with E-state index in [-0.39, 0.29) is 0 Å². The third-order valence-corrected chi connectivity index (χ3v) is 3.62. The summed E-state index contributed by atoms with van der Waals surface area (Å²) in [5, 5.41) is 44.9. The Morgan fingerprint density at radius 3 is 1.25 bits per heavy atom. The molecule has 0 aliphatic carbocycles. The lowest BCUT2D eigenvalue weighted by Gasteiger charge is -2.40. The van der Waals surface area contributed by atoms with Gasteiger partial charge >= 0.3 is 29.8 Å². The van der Waals surface area contributed by atoms with Crippen LogP contribution in [0.2, 0.25) is 0 Å². The third kappa shape index (κ3) is 7.05. The van der Waals surface area contributed by atoms with E-state index in [0.717, 1.165) is 0 Å². The fraction of sp³-hybridized carbons (Fsp3) is 0.615. The normalized spacial score (nSPS) is 13.7. The molecule has 0 aliphatic rings. The van der Waals surface area contributed by atoms with Gasteiger partial charge in [0, 0.05) is 11.5 Å². The summed E-state index contributed by atoms with van der Waals surface area (Å²) in [5.74, 6) is -9.00. The predicted molar refractivity (Wildman–Crippen MR) is 75.2 cm³/mol. The van der Waals surface area contributed by atoms with E-state index in [1.807, 2.05) is 0 Å². The summed E-state index contributed by atoms with van der Waals surface area (Å²) in [6, 6.07) is -1.43. The molecule has 0 spiro atoms. The van der Waals surface area contributed by atoms with Crippen LogP contribution >= 0.6 is 0 Å². The molecule has 7 N–H and O–H groups in total. The number of hydrogen-bond donors (Lipinski definition) is 6. The Balaban J connectivity index is 6.10. The zero-order valence-electron chi connectivity index (χ0n) is 12.5. The molecule has 24 heavy (non-hydrogen) atoms. The van der Waals surface area contributed by atoms with Crippen molar-refractivity contribution in [1.29, 1.82) is 0 Å². The van der Waals surface area contributed by atoms with Gasteiger partial charge in [0.15, 0.2) is 0 Å². The summed E-state index contributed by atoms with van der Waals surface area (Å²) in [4.78, 5) is 55.2. The molecule has 136 valence electrons. The molecular formula is C13H19NO10. The number of carbonyl (C=O) groups is 5. The lowest BCUT2D eigenvalue weighted by Crippen LogP contribution is -2.48. The molecule has 2 atom stereocenters. The summed E-state index contributed by atoms with van der Waals surface area (Å²) in [5.41, 5.74) is 3.61. The second-order valence-electron chi connectivity index (χ2n) is 5.54. The van der Waals surface area contributed by atoms with E-state index < -0.39 is 79.3 Å². The van der Waals surface area contributed by atoms with Crippen molar-refractivity contribution >= 4 is 29.8 Å². The Morgan fingerprint density at radius 1 is 0.667 bits per heavy atom. The molecule has 0 amide bonds. The highest BCUT2D eigenvalue weighted by atomic mass is 16.4. The summed E-state index contributed by atoms with van der Waals surface area (Å²) in [6.07, 6.45) is -4.55. The van der Waals surface area contributed by atoms with Crippen molar-refractivity contribution in [2.75, 3.05) is 0 Å². The molecule has 0 heterocycles. The Hall–Kier alpha value is -2.69. The predicted octanol–water partition coefficient (Wildman–Crippen LogP) is -0.710. The van der Waals surface area contributed by atoms with Crippen LogP contribution < -0.4 is 5.73 Å². The minimum atomic E-state index is -2.04. The average Bonchev–Trinajstić information content (AvgIpc) is 2.31. The van der Waals surface area contributed by atoms with Gasteiger partial charge in [0.25, 0.3) is 0 Å². The van der Waals surface area contributed by atoms with Crippen molar-refractivity contribution in [1.82, 2.24) is 0 Å². The molecular weight excluding hydrogens is 330 g/mol. The van der Waals surface area contributed by atoms with E-state index in [9.17, 15) is 24.0 Å². The first-order valence-electron chi connectivity index (χ1n) is 6.74. The minimum Gasteiger partial charge on any atom is -0.481 e. The molecule has 2 unspecified atom stereocenters. The van der Waals surface area contributed by atoms with Crippen LogP contribution in [-0.2, 0) is 24.0 Å². The highest BCUT2D eigenvalue weighted by molar-refractivity contribution is 5.77. The maximum Gasteiger partial charge on any atom is 0.304 e. The number of carboxylic acid groups (broad SMARTS) is 5. The van der Waals surface area contributed by atoms with E-state index in [1.54, 1.807) is 0 Å². The van der Waals surface area contributed by atoms with Crippen molar-refractivity contribution in [2.45, 2.75) is 38.1 Å². The van der Waals surface area contributed by atoms with E-state index >= 15 is 0 Å². The molecule has 11 heteroatoms. The summed E-state index contributed by atoms with van der Waals surface area (Å²) >= 11 is 0. The van der Waals surface area contributed by atoms with E-state index in [0.29, 0.717) is 0 Å². The molecule has 0 aromatic heterocycles. The maximum atomic E-state index is 11.1. The molecule has 0 saturated heterocycles. The molecule has 0 radical (unpaired) electrons. The molecule has 11 nitrogen and oxygen atoms in total. The van der Waals surface area contributed by atoms with Gasteiger partial charge in [-0.25, -0.2) is 0 Å². The van der Waals surface area contributed by atoms with Crippen molar-refractivity contribution in [3.05, 3.63) is 0 Å². The van der Waals surface area contributed by atoms with Gasteiger partial charge in [-0.3, -0.25) is 24.0 Å². The van der Waals surface area contributed by atoms with Crippen molar-refractivity contribution < 1.29 is 49.5 Å². The highest BCUT2D eigenvalue weighted by Gasteiger charge is 2.47. The van der Waals surface area contributed by atoms with Crippen molar-refractivity contribution in [2.24, 2.45) is 17.1 Å². The van der Waals surface area contributed by atoms with Crippen LogP contribution in [0.5, 0.6) is 0 Å². The Bertz CT molecular complexity index is 488. The van der Waals surface area contributed by atoms with Gasteiger partial charge in [0.05, 0.1) is 32.1 Å². The molecule has 0 saturated carbocycles. The Labute approximate surface area is 135 Å². The number of aliphatic carboxylic acids is 5. The van der Waals surface area contributed by atoms with Gasteiger partial charge in [-0.05, 0) is 5.92 Å². The fourth-order valence-electron chi connectivity index (χ4n) is 2.84. The molecule has 0 aliphatic heterocycles. The van der Waals surface area contributed by atoms with Gasteiger partial charge in [0.2, 0.25) is 0 Å². The topological polar surface area (TPSA) is 213 Å².